The van der Waals surface area contributed by atoms with Crippen LogP contribution in [0.25, 0.3) is 0 Å². The van der Waals surface area contributed by atoms with Crippen molar-refractivity contribution in [2.45, 2.75) is 5.41 Å². The van der Waals surface area contributed by atoms with Gasteiger partial charge in [0.2, 0.25) is 0 Å². The van der Waals surface area contributed by atoms with Crippen LogP contribution in [0.3, 0.4) is 0 Å². The maximum atomic E-state index is 11.8. The van der Waals surface area contributed by atoms with Crippen molar-refractivity contribution in [3.8, 4) is 0 Å². The van der Waals surface area contributed by atoms with Crippen LogP contribution < -0.4 is 0 Å². The molecule has 1 N–H and O–H groups in total. The Morgan fingerprint density at radius 3 is 2.00 bits per heavy atom. The minimum absolute atomic E-state index is 0.0476. The summed E-state index contributed by atoms with van der Waals surface area (Å²) in [4.78, 5) is 11.8. The van der Waals surface area contributed by atoms with E-state index in [4.69, 9.17) is 23.2 Å². The lowest BCUT2D eigenvalue weighted by Gasteiger charge is -2.28. The molecular weight excluding hydrogens is 283 g/mol. The summed E-state index contributed by atoms with van der Waals surface area (Å²) in [6.07, 6.45) is 0. The van der Waals surface area contributed by atoms with Gasteiger partial charge >= 0.3 is 5.97 Å². The number of hydrogen-bond donors (Lipinski definition) is 1. The third-order valence-electron chi connectivity index (χ3n) is 3.17. The summed E-state index contributed by atoms with van der Waals surface area (Å²) in [5, 5.41) is 10.2. The molecule has 0 aliphatic carbocycles. The minimum atomic E-state index is -1.26. The fraction of sp³-hybridized carbons (Fsp3) is 0.133. The molecule has 4 heteroatoms. The van der Waals surface area contributed by atoms with E-state index in [9.17, 15) is 9.90 Å². The molecule has 0 bridgehead atoms. The van der Waals surface area contributed by atoms with Crippen LogP contribution >= 0.6 is 23.2 Å². The summed E-state index contributed by atoms with van der Waals surface area (Å²) < 4.78 is 0. The second kappa shape index (κ2) is 5.64. The second-order valence-electron chi connectivity index (χ2n) is 4.22. The molecule has 19 heavy (non-hydrogen) atoms. The zero-order chi connectivity index (χ0) is 13.9. The van der Waals surface area contributed by atoms with Crippen LogP contribution in [-0.4, -0.2) is 17.0 Å². The van der Waals surface area contributed by atoms with Gasteiger partial charge in [-0.05, 0) is 23.3 Å². The van der Waals surface area contributed by atoms with Crippen LogP contribution in [0.15, 0.2) is 54.6 Å². The fourth-order valence-electron chi connectivity index (χ4n) is 2.08. The maximum Gasteiger partial charge on any atom is 0.319 e. The van der Waals surface area contributed by atoms with Gasteiger partial charge in [-0.1, -0.05) is 54.1 Å². The molecule has 2 aromatic rings. The predicted molar refractivity (Wildman–Crippen MR) is 77.0 cm³/mol. The van der Waals surface area contributed by atoms with Crippen LogP contribution in [0.1, 0.15) is 11.1 Å². The summed E-state index contributed by atoms with van der Waals surface area (Å²) in [5.74, 6) is -1.02. The molecule has 0 amide bonds. The number of halogens is 2. The molecule has 0 aromatic heterocycles. The molecule has 0 aliphatic heterocycles. The van der Waals surface area contributed by atoms with E-state index in [1.807, 2.05) is 6.07 Å². The third-order valence-corrected chi connectivity index (χ3v) is 3.82. The van der Waals surface area contributed by atoms with Crippen molar-refractivity contribution in [3.63, 3.8) is 0 Å². The van der Waals surface area contributed by atoms with Gasteiger partial charge in [0.1, 0.15) is 5.41 Å². The summed E-state index contributed by atoms with van der Waals surface area (Å²) in [6.45, 7) is 0. The first-order chi connectivity index (χ1) is 9.11. The van der Waals surface area contributed by atoms with E-state index in [0.29, 0.717) is 16.1 Å². The van der Waals surface area contributed by atoms with Crippen molar-refractivity contribution >= 4 is 29.2 Å². The topological polar surface area (TPSA) is 37.3 Å². The molecule has 2 rings (SSSR count). The summed E-state index contributed by atoms with van der Waals surface area (Å²) in [6, 6.07) is 15.7. The Morgan fingerprint density at radius 2 is 1.53 bits per heavy atom. The van der Waals surface area contributed by atoms with Gasteiger partial charge < -0.3 is 5.11 Å². The number of alkyl halides is 1. The van der Waals surface area contributed by atoms with E-state index in [1.165, 1.54) is 0 Å². The molecule has 2 nitrogen and oxygen atoms in total. The zero-order valence-corrected chi connectivity index (χ0v) is 11.5. The first-order valence-electron chi connectivity index (χ1n) is 5.72. The summed E-state index contributed by atoms with van der Waals surface area (Å²) in [7, 11) is 0. The highest BCUT2D eigenvalue weighted by molar-refractivity contribution is 6.30. The molecule has 0 aliphatic rings. The number of carbonyl (C=O) groups is 1. The second-order valence-corrected chi connectivity index (χ2v) is 4.92. The van der Waals surface area contributed by atoms with E-state index in [-0.39, 0.29) is 5.88 Å². The molecule has 0 heterocycles. The smallest absolute Gasteiger partial charge is 0.319 e. The number of aliphatic carboxylic acids is 1. The fourth-order valence-corrected chi connectivity index (χ4v) is 2.63. The summed E-state index contributed by atoms with van der Waals surface area (Å²) >= 11 is 11.9. The van der Waals surface area contributed by atoms with E-state index < -0.39 is 11.4 Å². The Hall–Kier alpha value is -1.51. The van der Waals surface area contributed by atoms with Crippen LogP contribution in [0.5, 0.6) is 0 Å². The van der Waals surface area contributed by atoms with Gasteiger partial charge in [-0.25, -0.2) is 0 Å². The van der Waals surface area contributed by atoms with E-state index in [1.54, 1.807) is 48.5 Å². The van der Waals surface area contributed by atoms with Crippen molar-refractivity contribution in [1.82, 2.24) is 0 Å². The lowest BCUT2D eigenvalue weighted by Crippen LogP contribution is -2.39. The maximum absolute atomic E-state index is 11.8. The molecule has 1 unspecified atom stereocenters. The van der Waals surface area contributed by atoms with Crippen molar-refractivity contribution in [3.05, 3.63) is 70.7 Å². The predicted octanol–water partition coefficient (Wildman–Crippen LogP) is 3.95. The molecule has 0 spiro atoms. The van der Waals surface area contributed by atoms with Crippen LogP contribution in [0.2, 0.25) is 5.02 Å². The van der Waals surface area contributed by atoms with Gasteiger partial charge in [0.05, 0.1) is 0 Å². The first-order valence-corrected chi connectivity index (χ1v) is 6.63. The van der Waals surface area contributed by atoms with Gasteiger partial charge in [0.25, 0.3) is 0 Å². The molecule has 0 radical (unpaired) electrons. The van der Waals surface area contributed by atoms with E-state index in [2.05, 4.69) is 0 Å². The molecule has 0 fully saturated rings. The van der Waals surface area contributed by atoms with E-state index >= 15 is 0 Å². The van der Waals surface area contributed by atoms with E-state index in [0.717, 1.165) is 0 Å². The monoisotopic (exact) mass is 294 g/mol. The zero-order valence-electron chi connectivity index (χ0n) is 10.0. The van der Waals surface area contributed by atoms with Crippen LogP contribution in [0, 0.1) is 0 Å². The highest BCUT2D eigenvalue weighted by Gasteiger charge is 2.41. The Balaban J connectivity index is 2.64. The van der Waals surface area contributed by atoms with Gasteiger partial charge in [-0.3, -0.25) is 4.79 Å². The number of rotatable bonds is 4. The molecule has 1 atom stereocenters. The highest BCUT2D eigenvalue weighted by atomic mass is 35.5. The Bertz CT molecular complexity index is 566. The lowest BCUT2D eigenvalue weighted by atomic mass is 9.76. The van der Waals surface area contributed by atoms with Crippen molar-refractivity contribution in [1.29, 1.82) is 0 Å². The molecule has 0 saturated carbocycles. The van der Waals surface area contributed by atoms with Gasteiger partial charge in [0.15, 0.2) is 0 Å². The normalized spacial score (nSPS) is 13.8. The molecule has 98 valence electrons. The lowest BCUT2D eigenvalue weighted by molar-refractivity contribution is -0.141. The van der Waals surface area contributed by atoms with Crippen molar-refractivity contribution < 1.29 is 9.90 Å². The average molecular weight is 295 g/mol. The molecule has 0 saturated heterocycles. The van der Waals surface area contributed by atoms with Gasteiger partial charge in [-0.2, -0.15) is 0 Å². The number of benzene rings is 2. The average Bonchev–Trinajstić information content (AvgIpc) is 2.43. The number of carboxylic acid groups (broad SMARTS) is 1. The van der Waals surface area contributed by atoms with Crippen LogP contribution in [-0.2, 0) is 10.2 Å². The SMILES string of the molecule is O=C(O)C(CCl)(c1ccccc1)c1ccc(Cl)cc1. The first kappa shape index (κ1) is 13.9. The number of hydrogen-bond acceptors (Lipinski definition) is 1. The minimum Gasteiger partial charge on any atom is -0.480 e. The third kappa shape index (κ3) is 2.46. The van der Waals surface area contributed by atoms with Gasteiger partial charge in [-0.15, -0.1) is 11.6 Å². The van der Waals surface area contributed by atoms with Gasteiger partial charge in [0, 0.05) is 10.9 Å². The Labute approximate surface area is 121 Å². The number of carboxylic acids is 1. The van der Waals surface area contributed by atoms with Crippen molar-refractivity contribution in [2.24, 2.45) is 0 Å². The largest absolute Gasteiger partial charge is 0.480 e. The quantitative estimate of drug-likeness (QED) is 0.867. The Kier molecular flexibility index (Phi) is 4.13. The van der Waals surface area contributed by atoms with Crippen molar-refractivity contribution in [2.75, 3.05) is 5.88 Å². The molecule has 2 aromatic carbocycles. The highest BCUT2D eigenvalue weighted by Crippen LogP contribution is 2.34. The standard InChI is InChI=1S/C15H12Cl2O2/c16-10-15(14(18)19,11-4-2-1-3-5-11)12-6-8-13(17)9-7-12/h1-9H,10H2,(H,18,19). The van der Waals surface area contributed by atoms with Crippen LogP contribution in [0.4, 0.5) is 0 Å². The summed E-state index contributed by atoms with van der Waals surface area (Å²) in [5.41, 5.74) is 0.0124. The Morgan fingerprint density at radius 1 is 1.00 bits per heavy atom. The molecular formula is C15H12Cl2O2.